The highest BCUT2D eigenvalue weighted by Gasteiger charge is 2.08. The smallest absolute Gasteiger partial charge is 0.201 e. The predicted molar refractivity (Wildman–Crippen MR) is 79.0 cm³/mol. The maximum Gasteiger partial charge on any atom is 0.201 e. The Kier molecular flexibility index (Phi) is 3.10. The van der Waals surface area contributed by atoms with Crippen molar-refractivity contribution in [2.45, 2.75) is 13.0 Å². The van der Waals surface area contributed by atoms with Gasteiger partial charge >= 0.3 is 0 Å². The molecule has 1 heterocycles. The van der Waals surface area contributed by atoms with Crippen LogP contribution in [0.5, 0.6) is 0 Å². The van der Waals surface area contributed by atoms with E-state index in [0.29, 0.717) is 11.5 Å². The third-order valence-electron chi connectivity index (χ3n) is 3.37. The van der Waals surface area contributed by atoms with Gasteiger partial charge in [-0.1, -0.05) is 30.3 Å². The number of hydrogen-bond donors (Lipinski definition) is 1. The van der Waals surface area contributed by atoms with Crippen LogP contribution >= 0.6 is 0 Å². The van der Waals surface area contributed by atoms with E-state index in [-0.39, 0.29) is 0 Å². The molecule has 0 aliphatic carbocycles. The number of nitrogen functional groups attached to an aromatic ring is 1. The molecule has 0 bridgehead atoms. The molecule has 0 atom stereocenters. The molecule has 20 heavy (non-hydrogen) atoms. The van der Waals surface area contributed by atoms with Crippen LogP contribution in [0.25, 0.3) is 11.0 Å². The highest BCUT2D eigenvalue weighted by atomic mass is 15.1. The Hall–Kier alpha value is -2.80. The van der Waals surface area contributed by atoms with Gasteiger partial charge in [0.2, 0.25) is 5.95 Å². The number of nitrogens with zero attached hydrogens (tertiary/aromatic N) is 3. The number of fused-ring (bicyclic) bond motifs is 1. The zero-order valence-electron chi connectivity index (χ0n) is 11.0. The Morgan fingerprint density at radius 3 is 2.70 bits per heavy atom. The molecule has 0 aliphatic rings. The van der Waals surface area contributed by atoms with E-state index in [4.69, 9.17) is 11.0 Å². The molecule has 0 amide bonds. The SMILES string of the molecule is N#Cc1ccc2nc(N)n(CCc3ccccc3)c2c1. The Balaban J connectivity index is 1.94. The number of anilines is 1. The molecule has 0 unspecified atom stereocenters. The number of aryl methyl sites for hydroxylation is 2. The molecule has 4 heteroatoms. The fraction of sp³-hybridized carbons (Fsp3) is 0.125. The van der Waals surface area contributed by atoms with Gasteiger partial charge in [0.1, 0.15) is 0 Å². The lowest BCUT2D eigenvalue weighted by Crippen LogP contribution is -2.05. The van der Waals surface area contributed by atoms with Gasteiger partial charge in [-0.05, 0) is 30.2 Å². The maximum absolute atomic E-state index is 8.99. The molecular weight excluding hydrogens is 248 g/mol. The van der Waals surface area contributed by atoms with Crippen molar-refractivity contribution >= 4 is 17.0 Å². The molecule has 0 aliphatic heterocycles. The first-order valence-corrected chi connectivity index (χ1v) is 6.48. The van der Waals surface area contributed by atoms with Crippen molar-refractivity contribution in [2.75, 3.05) is 5.73 Å². The van der Waals surface area contributed by atoms with Crippen LogP contribution in [-0.4, -0.2) is 9.55 Å². The highest BCUT2D eigenvalue weighted by Crippen LogP contribution is 2.19. The Morgan fingerprint density at radius 1 is 1.15 bits per heavy atom. The summed E-state index contributed by atoms with van der Waals surface area (Å²) in [5, 5.41) is 8.99. The second-order valence-corrected chi connectivity index (χ2v) is 4.67. The van der Waals surface area contributed by atoms with Crippen LogP contribution in [0, 0.1) is 11.3 Å². The summed E-state index contributed by atoms with van der Waals surface area (Å²) in [5.41, 5.74) is 9.60. The molecule has 2 N–H and O–H groups in total. The van der Waals surface area contributed by atoms with Gasteiger partial charge in [-0.2, -0.15) is 5.26 Å². The van der Waals surface area contributed by atoms with E-state index in [9.17, 15) is 0 Å². The average Bonchev–Trinajstić information content (AvgIpc) is 2.80. The minimum absolute atomic E-state index is 0.492. The van der Waals surface area contributed by atoms with E-state index in [1.807, 2.05) is 34.9 Å². The summed E-state index contributed by atoms with van der Waals surface area (Å²) in [6, 6.07) is 17.8. The molecule has 0 saturated carbocycles. The summed E-state index contributed by atoms with van der Waals surface area (Å²) in [6.45, 7) is 0.751. The van der Waals surface area contributed by atoms with Gasteiger partial charge in [0.05, 0.1) is 22.7 Å². The van der Waals surface area contributed by atoms with Crippen molar-refractivity contribution in [3.63, 3.8) is 0 Å². The van der Waals surface area contributed by atoms with E-state index in [2.05, 4.69) is 23.2 Å². The quantitative estimate of drug-likeness (QED) is 0.789. The summed E-state index contributed by atoms with van der Waals surface area (Å²) < 4.78 is 1.96. The number of nitrogens with two attached hydrogens (primary N) is 1. The van der Waals surface area contributed by atoms with Crippen molar-refractivity contribution in [2.24, 2.45) is 0 Å². The van der Waals surface area contributed by atoms with Crippen LogP contribution in [0.15, 0.2) is 48.5 Å². The van der Waals surface area contributed by atoms with E-state index in [0.717, 1.165) is 24.0 Å². The second-order valence-electron chi connectivity index (χ2n) is 4.67. The Morgan fingerprint density at radius 2 is 1.95 bits per heavy atom. The van der Waals surface area contributed by atoms with Crippen LogP contribution in [0.3, 0.4) is 0 Å². The summed E-state index contributed by atoms with van der Waals surface area (Å²) in [5.74, 6) is 0.492. The molecule has 0 fully saturated rings. The van der Waals surface area contributed by atoms with Gasteiger partial charge in [0.25, 0.3) is 0 Å². The molecular formula is C16H14N4. The number of nitriles is 1. The zero-order chi connectivity index (χ0) is 13.9. The van der Waals surface area contributed by atoms with Crippen LogP contribution < -0.4 is 5.73 Å². The van der Waals surface area contributed by atoms with E-state index in [1.54, 1.807) is 6.07 Å². The third kappa shape index (κ3) is 2.21. The normalized spacial score (nSPS) is 10.6. The summed E-state index contributed by atoms with van der Waals surface area (Å²) in [4.78, 5) is 4.33. The molecule has 2 aromatic carbocycles. The fourth-order valence-corrected chi connectivity index (χ4v) is 2.33. The lowest BCUT2D eigenvalue weighted by Gasteiger charge is -2.06. The first-order valence-electron chi connectivity index (χ1n) is 6.48. The van der Waals surface area contributed by atoms with Gasteiger partial charge in [0.15, 0.2) is 0 Å². The van der Waals surface area contributed by atoms with Gasteiger partial charge in [-0.15, -0.1) is 0 Å². The zero-order valence-corrected chi connectivity index (χ0v) is 11.0. The minimum Gasteiger partial charge on any atom is -0.369 e. The summed E-state index contributed by atoms with van der Waals surface area (Å²) >= 11 is 0. The van der Waals surface area contributed by atoms with Gasteiger partial charge < -0.3 is 10.3 Å². The summed E-state index contributed by atoms with van der Waals surface area (Å²) in [7, 11) is 0. The van der Waals surface area contributed by atoms with Gasteiger partial charge in [0, 0.05) is 6.54 Å². The highest BCUT2D eigenvalue weighted by molar-refractivity contribution is 5.79. The van der Waals surface area contributed by atoms with Crippen molar-refractivity contribution in [3.8, 4) is 6.07 Å². The number of benzene rings is 2. The van der Waals surface area contributed by atoms with E-state index >= 15 is 0 Å². The number of rotatable bonds is 3. The van der Waals surface area contributed by atoms with Crippen molar-refractivity contribution < 1.29 is 0 Å². The Labute approximate surface area is 117 Å². The average molecular weight is 262 g/mol. The topological polar surface area (TPSA) is 67.6 Å². The first-order chi connectivity index (χ1) is 9.78. The van der Waals surface area contributed by atoms with Crippen molar-refractivity contribution in [3.05, 3.63) is 59.7 Å². The van der Waals surface area contributed by atoms with Crippen LogP contribution in [-0.2, 0) is 13.0 Å². The van der Waals surface area contributed by atoms with E-state index < -0.39 is 0 Å². The number of imidazole rings is 1. The molecule has 4 nitrogen and oxygen atoms in total. The van der Waals surface area contributed by atoms with Crippen LogP contribution in [0.1, 0.15) is 11.1 Å². The maximum atomic E-state index is 8.99. The monoisotopic (exact) mass is 262 g/mol. The lowest BCUT2D eigenvalue weighted by molar-refractivity contribution is 0.726. The number of hydrogen-bond acceptors (Lipinski definition) is 3. The largest absolute Gasteiger partial charge is 0.369 e. The van der Waals surface area contributed by atoms with Crippen molar-refractivity contribution in [1.82, 2.24) is 9.55 Å². The molecule has 0 radical (unpaired) electrons. The minimum atomic E-state index is 0.492. The first kappa shape index (κ1) is 12.2. The lowest BCUT2D eigenvalue weighted by atomic mass is 10.1. The standard InChI is InChI=1S/C16H14N4/c17-11-13-6-7-14-15(10-13)20(16(18)19-14)9-8-12-4-2-1-3-5-12/h1-7,10H,8-9H2,(H2,18,19). The third-order valence-corrected chi connectivity index (χ3v) is 3.37. The van der Waals surface area contributed by atoms with Crippen molar-refractivity contribution in [1.29, 1.82) is 5.26 Å². The molecule has 98 valence electrons. The van der Waals surface area contributed by atoms with Gasteiger partial charge in [-0.25, -0.2) is 4.98 Å². The molecule has 3 rings (SSSR count). The molecule has 0 spiro atoms. The van der Waals surface area contributed by atoms with Crippen LogP contribution in [0.2, 0.25) is 0 Å². The Bertz CT molecular complexity index is 781. The molecule has 3 aromatic rings. The number of aromatic nitrogens is 2. The van der Waals surface area contributed by atoms with E-state index in [1.165, 1.54) is 5.56 Å². The predicted octanol–water partition coefficient (Wildman–Crippen LogP) is 2.73. The molecule has 0 saturated heterocycles. The fourth-order valence-electron chi connectivity index (χ4n) is 2.33. The van der Waals surface area contributed by atoms with Gasteiger partial charge in [-0.3, -0.25) is 0 Å². The molecule has 1 aromatic heterocycles. The van der Waals surface area contributed by atoms with Crippen LogP contribution in [0.4, 0.5) is 5.95 Å². The second kappa shape index (κ2) is 5.06. The summed E-state index contributed by atoms with van der Waals surface area (Å²) in [6.07, 6.45) is 0.882.